The average Bonchev–Trinajstić information content (AvgIpc) is 2.95. The maximum atomic E-state index is 12.8. The van der Waals surface area contributed by atoms with Gasteiger partial charge in [-0.3, -0.25) is 13.9 Å². The molecule has 8 nitrogen and oxygen atoms in total. The number of carbonyl (C=O) groups is 2. The smallest absolute Gasteiger partial charge is 0.271 e. The van der Waals surface area contributed by atoms with Crippen LogP contribution in [0.2, 0.25) is 10.0 Å². The third-order valence-corrected chi connectivity index (χ3v) is 7.78. The summed E-state index contributed by atoms with van der Waals surface area (Å²) >= 11 is 12.2. The van der Waals surface area contributed by atoms with E-state index in [1.807, 2.05) is 0 Å². The Bertz CT molecular complexity index is 1720. The van der Waals surface area contributed by atoms with Gasteiger partial charge in [-0.25, -0.2) is 13.8 Å². The number of rotatable bonds is 9. The third-order valence-electron chi connectivity index (χ3n) is 6.04. The lowest BCUT2D eigenvalue weighted by Crippen LogP contribution is -2.29. The topological polar surface area (TPSA) is 108 Å². The van der Waals surface area contributed by atoms with Crippen molar-refractivity contribution in [3.8, 4) is 0 Å². The molecule has 0 aliphatic rings. The first-order valence-corrected chi connectivity index (χ1v) is 14.9. The molecule has 0 aliphatic heterocycles. The maximum absolute atomic E-state index is 12.8. The summed E-state index contributed by atoms with van der Waals surface area (Å²) in [5.74, 6) is -0.782. The van der Waals surface area contributed by atoms with Crippen molar-refractivity contribution >= 4 is 62.1 Å². The highest BCUT2D eigenvalue weighted by atomic mass is 35.5. The van der Waals surface area contributed by atoms with Gasteiger partial charge in [-0.1, -0.05) is 59.6 Å². The first-order chi connectivity index (χ1) is 19.5. The molecule has 11 heteroatoms. The van der Waals surface area contributed by atoms with Crippen LogP contribution in [-0.4, -0.2) is 32.2 Å². The van der Waals surface area contributed by atoms with Crippen LogP contribution in [0.5, 0.6) is 0 Å². The summed E-state index contributed by atoms with van der Waals surface area (Å²) in [6.07, 6.45) is 1.11. The largest absolute Gasteiger partial charge is 0.322 e. The van der Waals surface area contributed by atoms with E-state index in [4.69, 9.17) is 23.2 Å². The number of carbonyl (C=O) groups excluding carboxylic acids is 2. The molecule has 0 atom stereocenters. The van der Waals surface area contributed by atoms with Crippen molar-refractivity contribution in [3.05, 3.63) is 129 Å². The Kier molecular flexibility index (Phi) is 9.44. The predicted molar refractivity (Wildman–Crippen MR) is 164 cm³/mol. The summed E-state index contributed by atoms with van der Waals surface area (Å²) in [6.45, 7) is 1.77. The van der Waals surface area contributed by atoms with Crippen molar-refractivity contribution in [1.29, 1.82) is 0 Å². The molecule has 0 saturated carbocycles. The zero-order chi connectivity index (χ0) is 29.6. The molecular formula is C30H26Cl2N4O4S. The second-order valence-corrected chi connectivity index (χ2v) is 11.8. The van der Waals surface area contributed by atoms with Gasteiger partial charge >= 0.3 is 0 Å². The normalized spacial score (nSPS) is 11.6. The minimum absolute atomic E-state index is 0.0478. The molecule has 0 aliphatic carbocycles. The molecule has 4 rings (SSSR count). The van der Waals surface area contributed by atoms with Crippen LogP contribution in [0.15, 0.2) is 102 Å². The SMILES string of the molecule is C/C(=N/NC(=O)c1ccc(N(Cc2ccccc2Cl)S(C)(=O)=O)cc1)c1cccc(NC(=O)c2cccc(Cl)c2)c1. The van der Waals surface area contributed by atoms with Crippen LogP contribution in [0, 0.1) is 0 Å². The Morgan fingerprint density at radius 2 is 1.49 bits per heavy atom. The number of sulfonamides is 1. The van der Waals surface area contributed by atoms with E-state index in [9.17, 15) is 18.0 Å². The average molecular weight is 610 g/mol. The molecule has 0 heterocycles. The van der Waals surface area contributed by atoms with Crippen molar-refractivity contribution in [1.82, 2.24) is 5.43 Å². The Morgan fingerprint density at radius 1 is 0.805 bits per heavy atom. The summed E-state index contributed by atoms with van der Waals surface area (Å²) in [6, 6.07) is 26.8. The molecule has 0 radical (unpaired) electrons. The van der Waals surface area contributed by atoms with Gasteiger partial charge in [-0.05, 0) is 78.7 Å². The summed E-state index contributed by atoms with van der Waals surface area (Å²) in [5, 5.41) is 7.93. The molecule has 4 aromatic rings. The molecule has 0 fully saturated rings. The van der Waals surface area contributed by atoms with Crippen molar-refractivity contribution in [2.45, 2.75) is 13.5 Å². The number of nitrogens with one attached hydrogen (secondary N) is 2. The van der Waals surface area contributed by atoms with Crippen molar-refractivity contribution < 1.29 is 18.0 Å². The fourth-order valence-corrected chi connectivity index (χ4v) is 5.14. The van der Waals surface area contributed by atoms with Crippen LogP contribution < -0.4 is 15.0 Å². The number of hydrogen-bond donors (Lipinski definition) is 2. The highest BCUT2D eigenvalue weighted by Crippen LogP contribution is 2.24. The fourth-order valence-electron chi connectivity index (χ4n) is 3.88. The molecule has 0 saturated heterocycles. The number of nitrogens with zero attached hydrogens (tertiary/aromatic N) is 2. The minimum Gasteiger partial charge on any atom is -0.322 e. The lowest BCUT2D eigenvalue weighted by Gasteiger charge is -2.23. The van der Waals surface area contributed by atoms with Gasteiger partial charge in [0.2, 0.25) is 10.0 Å². The van der Waals surface area contributed by atoms with Gasteiger partial charge in [0.15, 0.2) is 0 Å². The molecule has 2 N–H and O–H groups in total. The first kappa shape index (κ1) is 29.8. The van der Waals surface area contributed by atoms with E-state index in [0.717, 1.165) is 6.26 Å². The fraction of sp³-hybridized carbons (Fsp3) is 0.100. The summed E-state index contributed by atoms with van der Waals surface area (Å²) in [5.41, 5.74) is 6.02. The van der Waals surface area contributed by atoms with Gasteiger partial charge in [-0.2, -0.15) is 5.10 Å². The Balaban J connectivity index is 1.43. The quantitative estimate of drug-likeness (QED) is 0.170. The van der Waals surface area contributed by atoms with E-state index in [1.54, 1.807) is 91.9 Å². The van der Waals surface area contributed by atoms with Crippen molar-refractivity contribution in [3.63, 3.8) is 0 Å². The van der Waals surface area contributed by atoms with E-state index in [-0.39, 0.29) is 12.5 Å². The zero-order valence-corrected chi connectivity index (χ0v) is 24.5. The molecule has 41 heavy (non-hydrogen) atoms. The Hall–Kier alpha value is -4.18. The second-order valence-electron chi connectivity index (χ2n) is 9.09. The molecule has 0 spiro atoms. The van der Waals surface area contributed by atoms with Crippen LogP contribution in [0.3, 0.4) is 0 Å². The summed E-state index contributed by atoms with van der Waals surface area (Å²) < 4.78 is 26.2. The number of amides is 2. The number of hydrazone groups is 1. The monoisotopic (exact) mass is 608 g/mol. The summed E-state index contributed by atoms with van der Waals surface area (Å²) in [7, 11) is -3.63. The zero-order valence-electron chi connectivity index (χ0n) is 22.1. The molecule has 0 unspecified atom stereocenters. The maximum Gasteiger partial charge on any atom is 0.271 e. The molecule has 0 aromatic heterocycles. The van der Waals surface area contributed by atoms with Gasteiger partial charge < -0.3 is 5.32 Å². The molecular weight excluding hydrogens is 583 g/mol. The van der Waals surface area contributed by atoms with Crippen LogP contribution in [-0.2, 0) is 16.6 Å². The van der Waals surface area contributed by atoms with Gasteiger partial charge in [0.1, 0.15) is 0 Å². The van der Waals surface area contributed by atoms with Crippen molar-refractivity contribution in [2.75, 3.05) is 15.9 Å². The van der Waals surface area contributed by atoms with E-state index < -0.39 is 15.9 Å². The van der Waals surface area contributed by atoms with Gasteiger partial charge in [-0.15, -0.1) is 0 Å². The van der Waals surface area contributed by atoms with E-state index in [0.29, 0.717) is 49.4 Å². The number of hydrogen-bond acceptors (Lipinski definition) is 5. The van der Waals surface area contributed by atoms with Crippen LogP contribution in [0.4, 0.5) is 11.4 Å². The van der Waals surface area contributed by atoms with E-state index in [2.05, 4.69) is 15.8 Å². The highest BCUT2D eigenvalue weighted by Gasteiger charge is 2.19. The van der Waals surface area contributed by atoms with Crippen LogP contribution in [0.25, 0.3) is 0 Å². The van der Waals surface area contributed by atoms with Crippen LogP contribution in [0.1, 0.15) is 38.8 Å². The van der Waals surface area contributed by atoms with Gasteiger partial charge in [0.05, 0.1) is 24.2 Å². The second kappa shape index (κ2) is 13.0. The van der Waals surface area contributed by atoms with Gasteiger partial charge in [0, 0.05) is 26.9 Å². The molecule has 4 aromatic carbocycles. The Morgan fingerprint density at radius 3 is 2.17 bits per heavy atom. The Labute approximate surface area is 248 Å². The molecule has 2 amide bonds. The van der Waals surface area contributed by atoms with Crippen LogP contribution >= 0.6 is 23.2 Å². The number of halogens is 2. The first-order valence-electron chi connectivity index (χ1n) is 12.3. The third kappa shape index (κ3) is 7.94. The lowest BCUT2D eigenvalue weighted by molar-refractivity contribution is 0.0954. The standard InChI is InChI=1S/C30H26Cl2N4O4S/c1-20(22-8-6-11-26(18-22)33-29(37)23-9-5-10-25(31)17-23)34-35-30(38)21-13-15-27(16-14-21)36(41(2,39)40)19-24-7-3-4-12-28(24)32/h3-18H,19H2,1-2H3,(H,33,37)(H,35,38)/b34-20-. The highest BCUT2D eigenvalue weighted by molar-refractivity contribution is 7.92. The van der Waals surface area contributed by atoms with Gasteiger partial charge in [0.25, 0.3) is 11.8 Å². The predicted octanol–water partition coefficient (Wildman–Crippen LogP) is 6.37. The summed E-state index contributed by atoms with van der Waals surface area (Å²) in [4.78, 5) is 25.3. The number of anilines is 2. The van der Waals surface area contributed by atoms with E-state index in [1.165, 1.54) is 16.4 Å². The van der Waals surface area contributed by atoms with Crippen molar-refractivity contribution in [2.24, 2.45) is 5.10 Å². The number of benzene rings is 4. The minimum atomic E-state index is -3.63. The lowest BCUT2D eigenvalue weighted by atomic mass is 10.1. The molecule has 210 valence electrons. The molecule has 0 bridgehead atoms. The van der Waals surface area contributed by atoms with E-state index >= 15 is 0 Å².